The van der Waals surface area contributed by atoms with Crippen LogP contribution in [0.25, 0.3) is 10.8 Å². The number of nitrogens with one attached hydrogen (secondary N) is 3. The summed E-state index contributed by atoms with van der Waals surface area (Å²) in [5.74, 6) is -0.447. The van der Waals surface area contributed by atoms with Crippen LogP contribution in [-0.2, 0) is 17.4 Å². The normalized spacial score (nSPS) is 12.8. The first-order chi connectivity index (χ1) is 15.4. The molecular formula is C22H17Cl3F3N3OS. The fourth-order valence-electron chi connectivity index (χ4n) is 3.10. The summed E-state index contributed by atoms with van der Waals surface area (Å²) in [7, 11) is 0. The third kappa shape index (κ3) is 7.11. The van der Waals surface area contributed by atoms with Crippen LogP contribution in [0, 0.1) is 0 Å². The minimum Gasteiger partial charge on any atom is -0.339 e. The van der Waals surface area contributed by atoms with E-state index in [9.17, 15) is 18.0 Å². The van der Waals surface area contributed by atoms with Crippen molar-refractivity contribution in [3.05, 3.63) is 77.9 Å². The zero-order valence-electron chi connectivity index (χ0n) is 16.7. The number of amides is 1. The number of carbonyl (C=O) groups excluding carboxylic acids is 1. The number of carbonyl (C=O) groups is 1. The number of thiocarbonyl (C=S) groups is 1. The van der Waals surface area contributed by atoms with E-state index in [0.717, 1.165) is 28.5 Å². The monoisotopic (exact) mass is 533 g/mol. The molecule has 3 aromatic carbocycles. The lowest BCUT2D eigenvalue weighted by Crippen LogP contribution is -2.56. The van der Waals surface area contributed by atoms with Gasteiger partial charge in [0.05, 0.1) is 12.0 Å². The Labute approximate surface area is 208 Å². The molecule has 0 saturated heterocycles. The molecule has 11 heteroatoms. The summed E-state index contributed by atoms with van der Waals surface area (Å²) in [4.78, 5) is 12.7. The maximum absolute atomic E-state index is 12.9. The average Bonchev–Trinajstić information content (AvgIpc) is 2.72. The summed E-state index contributed by atoms with van der Waals surface area (Å²) >= 11 is 23.1. The van der Waals surface area contributed by atoms with Gasteiger partial charge in [0, 0.05) is 5.69 Å². The van der Waals surface area contributed by atoms with Gasteiger partial charge in [-0.25, -0.2) is 0 Å². The highest BCUT2D eigenvalue weighted by atomic mass is 35.6. The van der Waals surface area contributed by atoms with Gasteiger partial charge in [-0.3, -0.25) is 4.79 Å². The molecule has 0 aliphatic heterocycles. The van der Waals surface area contributed by atoms with Crippen LogP contribution in [0.3, 0.4) is 0 Å². The first-order valence-corrected chi connectivity index (χ1v) is 11.1. The number of rotatable bonds is 5. The van der Waals surface area contributed by atoms with Gasteiger partial charge < -0.3 is 16.0 Å². The standard InChI is InChI=1S/C22H17Cl3F3N3OS/c23-21(24,25)19(31-20(33)29-16-9-4-8-15(12-16)22(26,27)28)30-18(32)11-14-7-3-6-13-5-1-2-10-17(13)14/h1-10,12,19H,11H2,(H,30,32)(H2,29,31,33). The quantitative estimate of drug-likeness (QED) is 0.207. The number of hydrogen-bond acceptors (Lipinski definition) is 2. The van der Waals surface area contributed by atoms with Crippen molar-refractivity contribution < 1.29 is 18.0 Å². The summed E-state index contributed by atoms with van der Waals surface area (Å²) < 4.78 is 36.7. The van der Waals surface area contributed by atoms with Crippen LogP contribution < -0.4 is 16.0 Å². The van der Waals surface area contributed by atoms with Gasteiger partial charge in [-0.15, -0.1) is 0 Å². The maximum atomic E-state index is 12.9. The van der Waals surface area contributed by atoms with Crippen LogP contribution in [0.1, 0.15) is 11.1 Å². The van der Waals surface area contributed by atoms with Gasteiger partial charge in [0.2, 0.25) is 9.70 Å². The van der Waals surface area contributed by atoms with Crippen LogP contribution in [0.4, 0.5) is 18.9 Å². The molecule has 3 N–H and O–H groups in total. The minimum atomic E-state index is -4.51. The predicted molar refractivity (Wildman–Crippen MR) is 131 cm³/mol. The predicted octanol–water partition coefficient (Wildman–Crippen LogP) is 6.20. The van der Waals surface area contributed by atoms with Crippen molar-refractivity contribution in [1.82, 2.24) is 10.6 Å². The molecule has 0 saturated carbocycles. The average molecular weight is 535 g/mol. The van der Waals surface area contributed by atoms with Crippen LogP contribution >= 0.6 is 47.0 Å². The Morgan fingerprint density at radius 2 is 1.61 bits per heavy atom. The van der Waals surface area contributed by atoms with Crippen LogP contribution in [0.15, 0.2) is 66.7 Å². The zero-order chi connectivity index (χ0) is 24.2. The molecular weight excluding hydrogens is 518 g/mol. The van der Waals surface area contributed by atoms with E-state index in [1.54, 1.807) is 0 Å². The number of alkyl halides is 6. The number of halogens is 6. The molecule has 4 nitrogen and oxygen atoms in total. The van der Waals surface area contributed by atoms with E-state index in [4.69, 9.17) is 47.0 Å². The summed E-state index contributed by atoms with van der Waals surface area (Å²) in [6.07, 6.45) is -5.76. The third-order valence-corrected chi connectivity index (χ3v) is 5.46. The van der Waals surface area contributed by atoms with E-state index in [-0.39, 0.29) is 17.2 Å². The molecule has 0 heterocycles. The molecule has 174 valence electrons. The first-order valence-electron chi connectivity index (χ1n) is 9.51. The molecule has 0 fully saturated rings. The summed E-state index contributed by atoms with van der Waals surface area (Å²) in [6, 6.07) is 17.6. The van der Waals surface area contributed by atoms with Crippen molar-refractivity contribution in [2.24, 2.45) is 0 Å². The molecule has 0 spiro atoms. The van der Waals surface area contributed by atoms with Crippen molar-refractivity contribution >= 4 is 74.5 Å². The molecule has 0 aliphatic carbocycles. The molecule has 0 bridgehead atoms. The van der Waals surface area contributed by atoms with E-state index < -0.39 is 27.6 Å². The van der Waals surface area contributed by atoms with Gasteiger partial charge in [-0.05, 0) is 46.8 Å². The van der Waals surface area contributed by atoms with Crippen molar-refractivity contribution in [2.75, 3.05) is 5.32 Å². The molecule has 1 unspecified atom stereocenters. The lowest BCUT2D eigenvalue weighted by atomic mass is 10.0. The Morgan fingerprint density at radius 1 is 0.939 bits per heavy atom. The molecule has 3 rings (SSSR count). The highest BCUT2D eigenvalue weighted by Gasteiger charge is 2.35. The Hall–Kier alpha value is -2.26. The highest BCUT2D eigenvalue weighted by Crippen LogP contribution is 2.31. The molecule has 0 aromatic heterocycles. The third-order valence-electron chi connectivity index (χ3n) is 4.59. The maximum Gasteiger partial charge on any atom is 0.416 e. The summed E-state index contributed by atoms with van der Waals surface area (Å²) in [5, 5.41) is 9.54. The smallest absolute Gasteiger partial charge is 0.339 e. The second-order valence-corrected chi connectivity index (χ2v) is 9.81. The SMILES string of the molecule is O=C(Cc1cccc2ccccc12)NC(NC(=S)Nc1cccc(C(F)(F)F)c1)C(Cl)(Cl)Cl. The fourth-order valence-corrected chi connectivity index (χ4v) is 3.67. The molecule has 1 amide bonds. The Kier molecular flexibility index (Phi) is 7.95. The van der Waals surface area contributed by atoms with E-state index in [0.29, 0.717) is 0 Å². The van der Waals surface area contributed by atoms with Crippen LogP contribution in [-0.4, -0.2) is 21.0 Å². The Bertz CT molecular complexity index is 1160. The number of anilines is 1. The van der Waals surface area contributed by atoms with Crippen LogP contribution in [0.5, 0.6) is 0 Å². The summed E-state index contributed by atoms with van der Waals surface area (Å²) in [5.41, 5.74) is 0.00225. The molecule has 3 aromatic rings. The van der Waals surface area contributed by atoms with Gasteiger partial charge in [-0.1, -0.05) is 83.3 Å². The van der Waals surface area contributed by atoms with Crippen molar-refractivity contribution in [3.63, 3.8) is 0 Å². The van der Waals surface area contributed by atoms with Gasteiger partial charge in [0.1, 0.15) is 6.17 Å². The number of fused-ring (bicyclic) bond motifs is 1. The van der Waals surface area contributed by atoms with Gasteiger partial charge in [-0.2, -0.15) is 13.2 Å². The topological polar surface area (TPSA) is 53.2 Å². The number of benzene rings is 3. The van der Waals surface area contributed by atoms with Gasteiger partial charge >= 0.3 is 6.18 Å². The van der Waals surface area contributed by atoms with Crippen molar-refractivity contribution in [3.8, 4) is 0 Å². The van der Waals surface area contributed by atoms with Crippen molar-refractivity contribution in [2.45, 2.75) is 22.6 Å². The number of hydrogen-bond donors (Lipinski definition) is 3. The zero-order valence-corrected chi connectivity index (χ0v) is 19.8. The highest BCUT2D eigenvalue weighted by molar-refractivity contribution is 7.80. The molecule has 0 aliphatic rings. The Morgan fingerprint density at radius 3 is 2.30 bits per heavy atom. The molecule has 0 radical (unpaired) electrons. The van der Waals surface area contributed by atoms with E-state index >= 15 is 0 Å². The molecule has 33 heavy (non-hydrogen) atoms. The lowest BCUT2D eigenvalue weighted by molar-refractivity contribution is -0.137. The van der Waals surface area contributed by atoms with E-state index in [2.05, 4.69) is 16.0 Å². The molecule has 1 atom stereocenters. The van der Waals surface area contributed by atoms with Gasteiger partial charge in [0.15, 0.2) is 5.11 Å². The van der Waals surface area contributed by atoms with E-state index in [1.165, 1.54) is 12.1 Å². The summed E-state index contributed by atoms with van der Waals surface area (Å²) in [6.45, 7) is 0. The van der Waals surface area contributed by atoms with Crippen LogP contribution in [0.2, 0.25) is 0 Å². The Balaban J connectivity index is 1.69. The van der Waals surface area contributed by atoms with Gasteiger partial charge in [0.25, 0.3) is 0 Å². The van der Waals surface area contributed by atoms with Crippen molar-refractivity contribution in [1.29, 1.82) is 0 Å². The second-order valence-electron chi connectivity index (χ2n) is 7.03. The van der Waals surface area contributed by atoms with E-state index in [1.807, 2.05) is 42.5 Å². The minimum absolute atomic E-state index is 0.00803. The first kappa shape index (κ1) is 25.4. The lowest BCUT2D eigenvalue weighted by Gasteiger charge is -2.28. The largest absolute Gasteiger partial charge is 0.416 e. The second kappa shape index (κ2) is 10.3. The fraction of sp³-hybridized carbons (Fsp3) is 0.182.